The maximum atomic E-state index is 10.3. The van der Waals surface area contributed by atoms with Crippen LogP contribution in [0.2, 0.25) is 0 Å². The molecular weight excluding hydrogens is 292 g/mol. The standard InChI is InChI=1S/C19H24O4/c1-13-5-8-15(9-6-13)16(20)10-7-14-11-17(21-2)19(23-4)18(12-14)22-3/h5-6,8-9,11-12,16,20H,7,10H2,1-4H3/t16-/m0/s1. The molecule has 0 fully saturated rings. The van der Waals surface area contributed by atoms with E-state index in [4.69, 9.17) is 14.2 Å². The Hall–Kier alpha value is -2.20. The van der Waals surface area contributed by atoms with Crippen molar-refractivity contribution in [2.75, 3.05) is 21.3 Å². The largest absolute Gasteiger partial charge is 0.493 e. The van der Waals surface area contributed by atoms with Crippen molar-refractivity contribution in [3.8, 4) is 17.2 Å². The summed E-state index contributed by atoms with van der Waals surface area (Å²) >= 11 is 0. The van der Waals surface area contributed by atoms with Crippen molar-refractivity contribution in [2.45, 2.75) is 25.9 Å². The van der Waals surface area contributed by atoms with E-state index in [0.717, 1.165) is 11.1 Å². The monoisotopic (exact) mass is 316 g/mol. The maximum Gasteiger partial charge on any atom is 0.203 e. The van der Waals surface area contributed by atoms with Gasteiger partial charge in [-0.2, -0.15) is 0 Å². The molecule has 1 N–H and O–H groups in total. The molecule has 4 heteroatoms. The second-order valence-corrected chi connectivity index (χ2v) is 5.50. The normalized spacial score (nSPS) is 11.9. The zero-order valence-electron chi connectivity index (χ0n) is 14.1. The lowest BCUT2D eigenvalue weighted by Gasteiger charge is -2.15. The summed E-state index contributed by atoms with van der Waals surface area (Å²) in [6.45, 7) is 2.03. The fourth-order valence-corrected chi connectivity index (χ4v) is 2.54. The molecule has 0 aliphatic rings. The third-order valence-corrected chi connectivity index (χ3v) is 3.89. The van der Waals surface area contributed by atoms with Crippen LogP contribution < -0.4 is 14.2 Å². The number of rotatable bonds is 7. The van der Waals surface area contributed by atoms with Crippen molar-refractivity contribution in [1.82, 2.24) is 0 Å². The van der Waals surface area contributed by atoms with Crippen LogP contribution in [-0.2, 0) is 6.42 Å². The average Bonchev–Trinajstić information content (AvgIpc) is 2.59. The van der Waals surface area contributed by atoms with Gasteiger partial charge in [-0.3, -0.25) is 0 Å². The SMILES string of the molecule is COc1cc(CC[C@H](O)c2ccc(C)cc2)cc(OC)c1OC. The van der Waals surface area contributed by atoms with E-state index in [1.165, 1.54) is 5.56 Å². The number of aliphatic hydroxyl groups excluding tert-OH is 1. The zero-order chi connectivity index (χ0) is 16.8. The first kappa shape index (κ1) is 17.2. The smallest absolute Gasteiger partial charge is 0.203 e. The Labute approximate surface area is 137 Å². The first-order valence-electron chi connectivity index (χ1n) is 7.62. The van der Waals surface area contributed by atoms with Crippen LogP contribution in [-0.4, -0.2) is 26.4 Å². The van der Waals surface area contributed by atoms with Gasteiger partial charge in [0.1, 0.15) is 0 Å². The summed E-state index contributed by atoms with van der Waals surface area (Å²) < 4.78 is 16.0. The first-order chi connectivity index (χ1) is 11.1. The van der Waals surface area contributed by atoms with Gasteiger partial charge in [0.2, 0.25) is 5.75 Å². The van der Waals surface area contributed by atoms with Gasteiger partial charge in [0, 0.05) is 0 Å². The van der Waals surface area contributed by atoms with Crippen molar-refractivity contribution >= 4 is 0 Å². The Morgan fingerprint density at radius 2 is 1.48 bits per heavy atom. The second-order valence-electron chi connectivity index (χ2n) is 5.50. The minimum absolute atomic E-state index is 0.491. The van der Waals surface area contributed by atoms with Crippen LogP contribution in [0, 0.1) is 6.92 Å². The summed E-state index contributed by atoms with van der Waals surface area (Å²) in [5, 5.41) is 10.3. The van der Waals surface area contributed by atoms with Gasteiger partial charge in [-0.25, -0.2) is 0 Å². The van der Waals surface area contributed by atoms with E-state index in [9.17, 15) is 5.11 Å². The number of methoxy groups -OCH3 is 3. The molecule has 0 amide bonds. The molecule has 0 saturated carbocycles. The van der Waals surface area contributed by atoms with E-state index < -0.39 is 6.10 Å². The lowest BCUT2D eigenvalue weighted by molar-refractivity contribution is 0.167. The van der Waals surface area contributed by atoms with E-state index in [1.54, 1.807) is 21.3 Å². The number of ether oxygens (including phenoxy) is 3. The molecule has 0 bridgehead atoms. The highest BCUT2D eigenvalue weighted by atomic mass is 16.5. The molecule has 2 rings (SSSR count). The highest BCUT2D eigenvalue weighted by Crippen LogP contribution is 2.38. The number of hydrogen-bond acceptors (Lipinski definition) is 4. The van der Waals surface area contributed by atoms with E-state index in [-0.39, 0.29) is 0 Å². The van der Waals surface area contributed by atoms with Crippen LogP contribution >= 0.6 is 0 Å². The van der Waals surface area contributed by atoms with Gasteiger partial charge in [-0.15, -0.1) is 0 Å². The van der Waals surface area contributed by atoms with E-state index in [2.05, 4.69) is 0 Å². The summed E-state index contributed by atoms with van der Waals surface area (Å²) in [5.74, 6) is 1.84. The molecule has 0 unspecified atom stereocenters. The molecule has 124 valence electrons. The maximum absolute atomic E-state index is 10.3. The molecule has 4 nitrogen and oxygen atoms in total. The van der Waals surface area contributed by atoms with Crippen LogP contribution in [0.15, 0.2) is 36.4 Å². The predicted octanol–water partition coefficient (Wildman–Crippen LogP) is 3.69. The summed E-state index contributed by atoms with van der Waals surface area (Å²) in [6.07, 6.45) is 0.850. The zero-order valence-corrected chi connectivity index (χ0v) is 14.1. The molecule has 0 aromatic heterocycles. The summed E-state index contributed by atoms with van der Waals surface area (Å²) in [4.78, 5) is 0. The van der Waals surface area contributed by atoms with Gasteiger partial charge in [0.25, 0.3) is 0 Å². The fraction of sp³-hybridized carbons (Fsp3) is 0.368. The number of benzene rings is 2. The van der Waals surface area contributed by atoms with Gasteiger partial charge in [-0.1, -0.05) is 29.8 Å². The van der Waals surface area contributed by atoms with E-state index >= 15 is 0 Å². The second kappa shape index (κ2) is 7.88. The topological polar surface area (TPSA) is 47.9 Å². The Morgan fingerprint density at radius 3 is 1.96 bits per heavy atom. The van der Waals surface area contributed by atoms with Gasteiger partial charge in [-0.05, 0) is 43.0 Å². The lowest BCUT2D eigenvalue weighted by atomic mass is 10.00. The number of aryl methyl sites for hydroxylation is 2. The van der Waals surface area contributed by atoms with Crippen LogP contribution in [0.3, 0.4) is 0 Å². The van der Waals surface area contributed by atoms with E-state index in [0.29, 0.717) is 30.1 Å². The molecule has 0 heterocycles. The van der Waals surface area contributed by atoms with E-state index in [1.807, 2.05) is 43.3 Å². The highest BCUT2D eigenvalue weighted by molar-refractivity contribution is 5.53. The van der Waals surface area contributed by atoms with Crippen LogP contribution in [0.5, 0.6) is 17.2 Å². The van der Waals surface area contributed by atoms with Crippen LogP contribution in [0.1, 0.15) is 29.2 Å². The molecule has 1 atom stereocenters. The highest BCUT2D eigenvalue weighted by Gasteiger charge is 2.14. The van der Waals surface area contributed by atoms with Gasteiger partial charge >= 0.3 is 0 Å². The van der Waals surface area contributed by atoms with Crippen LogP contribution in [0.4, 0.5) is 0 Å². The minimum Gasteiger partial charge on any atom is -0.493 e. The molecule has 0 saturated heterocycles. The quantitative estimate of drug-likeness (QED) is 0.846. The summed E-state index contributed by atoms with van der Waals surface area (Å²) in [5.41, 5.74) is 3.15. The Balaban J connectivity index is 2.12. The van der Waals surface area contributed by atoms with Crippen molar-refractivity contribution in [1.29, 1.82) is 0 Å². The van der Waals surface area contributed by atoms with Crippen molar-refractivity contribution in [3.63, 3.8) is 0 Å². The Kier molecular flexibility index (Phi) is 5.88. The Morgan fingerprint density at radius 1 is 0.913 bits per heavy atom. The number of hydrogen-bond donors (Lipinski definition) is 1. The minimum atomic E-state index is -0.491. The molecule has 0 spiro atoms. The fourth-order valence-electron chi connectivity index (χ4n) is 2.54. The lowest BCUT2D eigenvalue weighted by Crippen LogP contribution is -2.01. The molecule has 0 radical (unpaired) electrons. The summed E-state index contributed by atoms with van der Waals surface area (Å²) in [7, 11) is 4.78. The van der Waals surface area contributed by atoms with Gasteiger partial charge < -0.3 is 19.3 Å². The third kappa shape index (κ3) is 4.17. The predicted molar refractivity (Wildman–Crippen MR) is 90.6 cm³/mol. The van der Waals surface area contributed by atoms with Crippen LogP contribution in [0.25, 0.3) is 0 Å². The third-order valence-electron chi connectivity index (χ3n) is 3.89. The first-order valence-corrected chi connectivity index (χ1v) is 7.62. The van der Waals surface area contributed by atoms with Crippen molar-refractivity contribution < 1.29 is 19.3 Å². The Bertz CT molecular complexity index is 609. The number of aliphatic hydroxyl groups is 1. The molecule has 2 aromatic carbocycles. The molecule has 0 aliphatic carbocycles. The molecular formula is C19H24O4. The van der Waals surface area contributed by atoms with Crippen molar-refractivity contribution in [2.24, 2.45) is 0 Å². The summed E-state index contributed by atoms with van der Waals surface area (Å²) in [6, 6.07) is 11.8. The van der Waals surface area contributed by atoms with Gasteiger partial charge in [0.15, 0.2) is 11.5 Å². The molecule has 2 aromatic rings. The average molecular weight is 316 g/mol. The van der Waals surface area contributed by atoms with Crippen molar-refractivity contribution in [3.05, 3.63) is 53.1 Å². The van der Waals surface area contributed by atoms with Gasteiger partial charge in [0.05, 0.1) is 27.4 Å². The molecule has 0 aliphatic heterocycles. The molecule has 23 heavy (non-hydrogen) atoms.